The second kappa shape index (κ2) is 8.60. The predicted molar refractivity (Wildman–Crippen MR) is 144 cm³/mol. The van der Waals surface area contributed by atoms with Gasteiger partial charge in [-0.3, -0.25) is 19.3 Å². The molecule has 1 N–H and O–H groups in total. The van der Waals surface area contributed by atoms with Gasteiger partial charge in [-0.15, -0.1) is 0 Å². The molecule has 2 heterocycles. The summed E-state index contributed by atoms with van der Waals surface area (Å²) in [6.07, 6.45) is -2.73. The molecule has 13 unspecified atom stereocenters. The van der Waals surface area contributed by atoms with E-state index < -0.39 is 88.3 Å². The quantitative estimate of drug-likeness (QED) is 0.238. The smallest absolute Gasteiger partial charge is 0.338 e. The molecule has 10 heteroatoms. The number of aliphatic hydroxyl groups excluding tert-OH is 1. The van der Waals surface area contributed by atoms with E-state index in [1.807, 2.05) is 14.0 Å². The number of Topliss-reactive ketones (excluding diaryl/α,β-unsaturated/α-hetero) is 1. The van der Waals surface area contributed by atoms with Crippen molar-refractivity contribution in [3.05, 3.63) is 48.0 Å². The lowest BCUT2D eigenvalue weighted by Crippen LogP contribution is -2.75. The Kier molecular flexibility index (Phi) is 5.62. The zero-order valence-electron chi connectivity index (χ0n) is 24.0. The van der Waals surface area contributed by atoms with Crippen LogP contribution in [0, 0.1) is 39.9 Å². The Morgan fingerprint density at radius 3 is 2.33 bits per heavy atom. The van der Waals surface area contributed by atoms with Crippen molar-refractivity contribution in [2.45, 2.75) is 70.1 Å². The van der Waals surface area contributed by atoms with Crippen LogP contribution in [0.2, 0.25) is 0 Å². The molecular formula is C32H35NO9. The number of fused-ring (bicyclic) bond motifs is 1. The molecule has 13 atom stereocenters. The maximum atomic E-state index is 14.3. The lowest BCUT2D eigenvalue weighted by molar-refractivity contribution is -0.258. The zero-order chi connectivity index (χ0) is 30.1. The molecule has 9 rings (SSSR count). The third-order valence-corrected chi connectivity index (χ3v) is 11.8. The highest BCUT2D eigenvalue weighted by molar-refractivity contribution is 5.94. The molecule has 0 aromatic heterocycles. The summed E-state index contributed by atoms with van der Waals surface area (Å²) in [5.41, 5.74) is -2.58. The van der Waals surface area contributed by atoms with Gasteiger partial charge in [0.1, 0.15) is 30.4 Å². The third kappa shape index (κ3) is 2.95. The van der Waals surface area contributed by atoms with Crippen LogP contribution in [0.15, 0.2) is 42.5 Å². The number of carbonyl (C=O) groups is 5. The Balaban J connectivity index is 1.48. The van der Waals surface area contributed by atoms with Crippen LogP contribution in [0.25, 0.3) is 0 Å². The number of hydrogen-bond acceptors (Lipinski definition) is 10. The molecule has 0 radical (unpaired) electrons. The summed E-state index contributed by atoms with van der Waals surface area (Å²) < 4.78 is 18.3. The standard InChI is InChI=1S/C32H35NO9/c1-14-20-22(37)21-26-32-24(18(33(26)5)11-31(21,27(14)38)25(32)23(20)40-15(2)35)30(4,13-34)12-19(28(32)41-16(3)36)42-29(39)17-9-7-6-8-10-17/h6-10,13,18-21,23-28,38H,1,11-12H2,2-5H3. The Hall–Kier alpha value is -3.37. The Morgan fingerprint density at radius 1 is 1.05 bits per heavy atom. The van der Waals surface area contributed by atoms with Crippen LogP contribution in [0.4, 0.5) is 0 Å². The first kappa shape index (κ1) is 27.5. The molecule has 1 aromatic carbocycles. The zero-order valence-corrected chi connectivity index (χ0v) is 24.0. The van der Waals surface area contributed by atoms with E-state index in [1.54, 1.807) is 30.3 Å². The number of carbonyl (C=O) groups excluding carboxylic acids is 5. The van der Waals surface area contributed by atoms with E-state index in [0.29, 0.717) is 17.6 Å². The Labute approximate surface area is 243 Å². The number of benzene rings is 1. The Bertz CT molecular complexity index is 1440. The molecule has 0 amide bonds. The van der Waals surface area contributed by atoms with E-state index in [4.69, 9.17) is 14.2 Å². The molecule has 1 aromatic rings. The lowest BCUT2D eigenvalue weighted by atomic mass is 9.38. The number of piperidine rings is 1. The second-order valence-corrected chi connectivity index (χ2v) is 13.5. The van der Waals surface area contributed by atoms with Crippen LogP contribution in [0.3, 0.4) is 0 Å². The fourth-order valence-corrected chi connectivity index (χ4v) is 11.2. The summed E-state index contributed by atoms with van der Waals surface area (Å²) in [6, 6.07) is 7.63. The summed E-state index contributed by atoms with van der Waals surface area (Å²) in [7, 11) is 1.91. The fraction of sp³-hybridized carbons (Fsp3) is 0.594. The van der Waals surface area contributed by atoms with Crippen molar-refractivity contribution in [3.63, 3.8) is 0 Å². The lowest BCUT2D eigenvalue weighted by Gasteiger charge is -2.68. The molecule has 6 saturated carbocycles. The van der Waals surface area contributed by atoms with Gasteiger partial charge in [0, 0.05) is 60.4 Å². The average molecular weight is 578 g/mol. The second-order valence-electron chi connectivity index (χ2n) is 13.5. The van der Waals surface area contributed by atoms with E-state index in [0.717, 1.165) is 6.29 Å². The summed E-state index contributed by atoms with van der Waals surface area (Å²) in [6.45, 7) is 8.49. The molecule has 8 aliphatic rings. The van der Waals surface area contributed by atoms with E-state index in [-0.39, 0.29) is 18.2 Å². The van der Waals surface area contributed by atoms with E-state index in [9.17, 15) is 29.1 Å². The van der Waals surface area contributed by atoms with E-state index in [1.165, 1.54) is 13.8 Å². The van der Waals surface area contributed by atoms with Gasteiger partial charge in [-0.05, 0) is 37.1 Å². The molecule has 2 aliphatic heterocycles. The predicted octanol–water partition coefficient (Wildman–Crippen LogP) is 1.74. The van der Waals surface area contributed by atoms with Crippen molar-refractivity contribution < 1.29 is 43.3 Å². The van der Waals surface area contributed by atoms with Crippen molar-refractivity contribution in [2.24, 2.45) is 39.9 Å². The molecule has 42 heavy (non-hydrogen) atoms. The number of aliphatic hydroxyl groups is 1. The topological polar surface area (TPSA) is 137 Å². The van der Waals surface area contributed by atoms with Gasteiger partial charge >= 0.3 is 17.9 Å². The molecule has 7 bridgehead atoms. The summed E-state index contributed by atoms with van der Waals surface area (Å²) >= 11 is 0. The van der Waals surface area contributed by atoms with Gasteiger partial charge in [0.2, 0.25) is 0 Å². The Morgan fingerprint density at radius 2 is 1.71 bits per heavy atom. The molecule has 2 saturated heterocycles. The van der Waals surface area contributed by atoms with Crippen LogP contribution in [-0.4, -0.2) is 83.5 Å². The van der Waals surface area contributed by atoms with Crippen molar-refractivity contribution in [1.82, 2.24) is 4.90 Å². The number of rotatable bonds is 5. The highest BCUT2D eigenvalue weighted by Crippen LogP contribution is 2.84. The van der Waals surface area contributed by atoms with Gasteiger partial charge in [-0.25, -0.2) is 4.79 Å². The number of esters is 3. The van der Waals surface area contributed by atoms with Gasteiger partial charge in [0.25, 0.3) is 0 Å². The molecule has 6 aliphatic carbocycles. The monoisotopic (exact) mass is 577 g/mol. The van der Waals surface area contributed by atoms with Crippen molar-refractivity contribution in [1.29, 1.82) is 0 Å². The number of hydrogen-bond donors (Lipinski definition) is 1. The first-order valence-electron chi connectivity index (χ1n) is 14.6. The SMILES string of the molecule is C=C1C2C(=O)C3C4N(C)C5CC3(C1O)C(C2OC(C)=O)C41C(OC(C)=O)C(OC(=O)c2ccccc2)CC(C)(C=O)C51. The van der Waals surface area contributed by atoms with Gasteiger partial charge in [-0.1, -0.05) is 31.7 Å². The summed E-state index contributed by atoms with van der Waals surface area (Å²) in [4.78, 5) is 68.4. The number of aldehydes is 1. The summed E-state index contributed by atoms with van der Waals surface area (Å²) in [5.74, 6) is -4.65. The largest absolute Gasteiger partial charge is 0.461 e. The first-order chi connectivity index (χ1) is 19.9. The van der Waals surface area contributed by atoms with E-state index in [2.05, 4.69) is 11.5 Å². The minimum absolute atomic E-state index is 0.103. The minimum Gasteiger partial charge on any atom is -0.461 e. The van der Waals surface area contributed by atoms with Gasteiger partial charge in [-0.2, -0.15) is 0 Å². The third-order valence-electron chi connectivity index (χ3n) is 11.8. The van der Waals surface area contributed by atoms with Crippen LogP contribution in [-0.2, 0) is 33.4 Å². The first-order valence-corrected chi connectivity index (χ1v) is 14.6. The highest BCUT2D eigenvalue weighted by atomic mass is 16.6. The van der Waals surface area contributed by atoms with Crippen LogP contribution in [0.1, 0.15) is 44.0 Å². The average Bonchev–Trinajstić information content (AvgIpc) is 3.20. The van der Waals surface area contributed by atoms with Crippen LogP contribution >= 0.6 is 0 Å². The van der Waals surface area contributed by atoms with Gasteiger partial charge in [0.15, 0.2) is 0 Å². The summed E-state index contributed by atoms with van der Waals surface area (Å²) in [5, 5.41) is 11.9. The molecular weight excluding hydrogens is 542 g/mol. The van der Waals surface area contributed by atoms with Crippen LogP contribution in [0.5, 0.6) is 0 Å². The normalized spacial score (nSPS) is 47.6. The number of nitrogens with zero attached hydrogens (tertiary/aromatic N) is 1. The van der Waals surface area contributed by atoms with Crippen molar-refractivity contribution in [2.75, 3.05) is 7.05 Å². The molecule has 10 nitrogen and oxygen atoms in total. The molecule has 2 spiro atoms. The van der Waals surface area contributed by atoms with Crippen LogP contribution < -0.4 is 0 Å². The van der Waals surface area contributed by atoms with E-state index >= 15 is 0 Å². The maximum absolute atomic E-state index is 14.3. The van der Waals surface area contributed by atoms with Gasteiger partial charge < -0.3 is 24.1 Å². The number of ketones is 1. The molecule has 8 fully saturated rings. The van der Waals surface area contributed by atoms with Gasteiger partial charge in [0.05, 0.1) is 17.6 Å². The maximum Gasteiger partial charge on any atom is 0.338 e. The minimum atomic E-state index is -1.14. The van der Waals surface area contributed by atoms with Crippen molar-refractivity contribution in [3.8, 4) is 0 Å². The fourth-order valence-electron chi connectivity index (χ4n) is 11.2. The number of ether oxygens (including phenoxy) is 3. The van der Waals surface area contributed by atoms with Crippen molar-refractivity contribution >= 4 is 30.0 Å². The highest BCUT2D eigenvalue weighted by Gasteiger charge is 2.93. The molecule has 222 valence electrons.